The van der Waals surface area contributed by atoms with Gasteiger partial charge in [-0.2, -0.15) is 0 Å². The van der Waals surface area contributed by atoms with Crippen LogP contribution in [0.25, 0.3) is 0 Å². The highest BCUT2D eigenvalue weighted by Crippen LogP contribution is 2.51. The van der Waals surface area contributed by atoms with Gasteiger partial charge in [-0.1, -0.05) is 45.4 Å². The van der Waals surface area contributed by atoms with Crippen molar-refractivity contribution in [1.82, 2.24) is 4.90 Å². The van der Waals surface area contributed by atoms with E-state index < -0.39 is 12.1 Å². The van der Waals surface area contributed by atoms with Crippen LogP contribution in [0.4, 0.5) is 10.5 Å². The molecule has 1 saturated carbocycles. The largest absolute Gasteiger partial charge is 0.385 e. The molecule has 0 radical (unpaired) electrons. The number of urea groups is 1. The maximum absolute atomic E-state index is 13.1. The van der Waals surface area contributed by atoms with Crippen LogP contribution in [-0.2, 0) is 9.59 Å². The van der Waals surface area contributed by atoms with Gasteiger partial charge >= 0.3 is 6.03 Å². The number of hydrogen-bond donors (Lipinski definition) is 1. The van der Waals surface area contributed by atoms with Crippen LogP contribution in [0.1, 0.15) is 59.8 Å². The number of carbonyl (C=O) groups excluding carboxylic acids is 3. The number of ketones is 1. The Morgan fingerprint density at radius 2 is 1.77 bits per heavy atom. The number of benzene rings is 1. The molecule has 1 aliphatic carbocycles. The number of rotatable bonds is 8. The van der Waals surface area contributed by atoms with Crippen LogP contribution in [-0.4, -0.2) is 46.4 Å². The Hall–Kier alpha value is -2.21. The van der Waals surface area contributed by atoms with E-state index in [-0.39, 0.29) is 29.1 Å². The molecule has 3 rings (SSSR count). The van der Waals surface area contributed by atoms with Crippen molar-refractivity contribution in [2.75, 3.05) is 11.4 Å². The van der Waals surface area contributed by atoms with Gasteiger partial charge in [-0.3, -0.25) is 9.59 Å². The minimum Gasteiger partial charge on any atom is -0.385 e. The van der Waals surface area contributed by atoms with E-state index in [1.165, 1.54) is 4.90 Å². The molecule has 6 nitrogen and oxygen atoms in total. The minimum atomic E-state index is -0.882. The van der Waals surface area contributed by atoms with Crippen molar-refractivity contribution < 1.29 is 19.5 Å². The van der Waals surface area contributed by atoms with Gasteiger partial charge in [0.15, 0.2) is 5.78 Å². The normalized spacial score (nSPS) is 29.5. The molecule has 1 heterocycles. The van der Waals surface area contributed by atoms with Gasteiger partial charge in [0.05, 0.1) is 5.69 Å². The fourth-order valence-electron chi connectivity index (χ4n) is 5.59. The van der Waals surface area contributed by atoms with Crippen LogP contribution in [0.2, 0.25) is 0 Å². The summed E-state index contributed by atoms with van der Waals surface area (Å²) in [6, 6.07) is 8.23. The van der Waals surface area contributed by atoms with E-state index in [1.807, 2.05) is 25.1 Å². The van der Waals surface area contributed by atoms with Crippen LogP contribution in [0.15, 0.2) is 30.3 Å². The first kappa shape index (κ1) is 22.5. The lowest BCUT2D eigenvalue weighted by Gasteiger charge is -2.38. The number of aliphatic hydroxyl groups excluding tert-OH is 1. The summed E-state index contributed by atoms with van der Waals surface area (Å²) in [7, 11) is 0. The third-order valence-electron chi connectivity index (χ3n) is 7.39. The van der Waals surface area contributed by atoms with Crippen LogP contribution in [0.5, 0.6) is 0 Å². The van der Waals surface area contributed by atoms with E-state index in [1.54, 1.807) is 17.0 Å². The second-order valence-electron chi connectivity index (χ2n) is 8.94. The average Bonchev–Trinajstić information content (AvgIpc) is 3.13. The van der Waals surface area contributed by atoms with E-state index >= 15 is 0 Å². The first-order valence-corrected chi connectivity index (χ1v) is 11.2. The summed E-state index contributed by atoms with van der Waals surface area (Å²) in [5.41, 5.74) is 0.402. The average molecular weight is 415 g/mol. The zero-order valence-electron chi connectivity index (χ0n) is 18.5. The maximum Gasteiger partial charge on any atom is 0.332 e. The maximum atomic E-state index is 13.1. The number of imide groups is 1. The Morgan fingerprint density at radius 1 is 1.10 bits per heavy atom. The number of hydrogen-bond acceptors (Lipinski definition) is 4. The van der Waals surface area contributed by atoms with E-state index in [9.17, 15) is 19.5 Å². The number of likely N-dealkylation sites (N-methyl/N-ethyl adjacent to an activating group) is 1. The zero-order valence-corrected chi connectivity index (χ0v) is 18.5. The summed E-state index contributed by atoms with van der Waals surface area (Å²) in [6.07, 6.45) is 2.33. The van der Waals surface area contributed by atoms with E-state index in [0.29, 0.717) is 43.8 Å². The molecule has 1 N–H and O–H groups in total. The molecule has 1 aromatic rings. The summed E-state index contributed by atoms with van der Waals surface area (Å²) in [5.74, 6) is -0.150. The smallest absolute Gasteiger partial charge is 0.332 e. The third-order valence-corrected chi connectivity index (χ3v) is 7.39. The number of para-hydroxylation sites is 1. The lowest BCUT2D eigenvalue weighted by atomic mass is 9.66. The van der Waals surface area contributed by atoms with E-state index in [2.05, 4.69) is 20.8 Å². The van der Waals surface area contributed by atoms with Gasteiger partial charge in [-0.25, -0.2) is 9.69 Å². The second kappa shape index (κ2) is 8.88. The lowest BCUT2D eigenvalue weighted by Crippen LogP contribution is -2.36. The van der Waals surface area contributed by atoms with Crippen LogP contribution < -0.4 is 4.90 Å². The van der Waals surface area contributed by atoms with Crippen LogP contribution >= 0.6 is 0 Å². The second-order valence-corrected chi connectivity index (χ2v) is 8.94. The van der Waals surface area contributed by atoms with Crippen LogP contribution in [0.3, 0.4) is 0 Å². The molecule has 3 unspecified atom stereocenters. The fourth-order valence-corrected chi connectivity index (χ4v) is 5.59. The molecule has 2 aliphatic rings. The molecular formula is C24H34N2O4. The van der Waals surface area contributed by atoms with E-state index in [4.69, 9.17) is 0 Å². The number of aliphatic hydroxyl groups is 1. The van der Waals surface area contributed by atoms with Gasteiger partial charge in [0.25, 0.3) is 5.91 Å². The fraction of sp³-hybridized carbons (Fsp3) is 0.625. The number of Topliss-reactive ketones (excluding diaryl/α,β-unsaturated/α-hetero) is 1. The lowest BCUT2D eigenvalue weighted by molar-refractivity contribution is -0.129. The van der Waals surface area contributed by atoms with Gasteiger partial charge < -0.3 is 10.0 Å². The summed E-state index contributed by atoms with van der Waals surface area (Å²) in [4.78, 5) is 41.5. The van der Waals surface area contributed by atoms with Crippen molar-refractivity contribution in [3.63, 3.8) is 0 Å². The van der Waals surface area contributed by atoms with Crippen molar-refractivity contribution in [2.45, 2.75) is 71.9 Å². The summed E-state index contributed by atoms with van der Waals surface area (Å²) in [5, 5.41) is 10.2. The molecule has 1 saturated heterocycles. The predicted molar refractivity (Wildman–Crippen MR) is 116 cm³/mol. The quantitative estimate of drug-likeness (QED) is 0.652. The van der Waals surface area contributed by atoms with Gasteiger partial charge in [-0.15, -0.1) is 0 Å². The molecule has 6 heteroatoms. The van der Waals surface area contributed by atoms with Crippen molar-refractivity contribution >= 4 is 23.4 Å². The first-order valence-electron chi connectivity index (χ1n) is 11.2. The molecule has 164 valence electrons. The van der Waals surface area contributed by atoms with Crippen molar-refractivity contribution in [1.29, 1.82) is 0 Å². The Morgan fingerprint density at radius 3 is 2.33 bits per heavy atom. The van der Waals surface area contributed by atoms with Crippen LogP contribution in [0, 0.1) is 17.3 Å². The Labute approximate surface area is 179 Å². The molecule has 0 aromatic heterocycles. The summed E-state index contributed by atoms with van der Waals surface area (Å²) in [6.45, 7) is 8.68. The molecule has 3 amide bonds. The third kappa shape index (κ3) is 3.66. The monoisotopic (exact) mass is 414 g/mol. The van der Waals surface area contributed by atoms with Crippen molar-refractivity contribution in [2.24, 2.45) is 17.3 Å². The summed E-state index contributed by atoms with van der Waals surface area (Å²) >= 11 is 0. The molecule has 0 bridgehead atoms. The number of amides is 3. The number of nitrogens with zero attached hydrogens (tertiary/aromatic N) is 2. The molecule has 30 heavy (non-hydrogen) atoms. The number of anilines is 1. The topological polar surface area (TPSA) is 77.9 Å². The number of carbonyl (C=O) groups is 3. The van der Waals surface area contributed by atoms with Gasteiger partial charge in [0.2, 0.25) is 0 Å². The SMILES string of the molecule is CCN1C(=O)N(c2ccccc2)C(=O)C1CCCC1C(=O)[C@@H](O)CC1(CC)C(C)C. The standard InChI is InChI=1S/C24H34N2O4/c1-5-24(16(3)4)15-20(27)21(28)18(24)13-10-14-19-22(29)26(23(30)25(19)6-2)17-11-8-7-9-12-17/h7-9,11-12,16,18-20,27H,5-6,10,13-15H2,1-4H3/t18?,19?,20-,24?/m0/s1. The molecule has 4 atom stereocenters. The van der Waals surface area contributed by atoms with Crippen molar-refractivity contribution in [3.8, 4) is 0 Å². The highest BCUT2D eigenvalue weighted by molar-refractivity contribution is 6.21. The Bertz CT molecular complexity index is 794. The zero-order chi connectivity index (χ0) is 22.1. The molecular weight excluding hydrogens is 380 g/mol. The van der Waals surface area contributed by atoms with Gasteiger partial charge in [-0.05, 0) is 56.1 Å². The Balaban J connectivity index is 1.72. The highest BCUT2D eigenvalue weighted by Gasteiger charge is 2.53. The molecule has 2 fully saturated rings. The molecule has 1 aromatic carbocycles. The first-order chi connectivity index (χ1) is 14.3. The van der Waals surface area contributed by atoms with Crippen molar-refractivity contribution in [3.05, 3.63) is 30.3 Å². The predicted octanol–water partition coefficient (Wildman–Crippen LogP) is 4.02. The van der Waals surface area contributed by atoms with Gasteiger partial charge in [0.1, 0.15) is 12.1 Å². The summed E-state index contributed by atoms with van der Waals surface area (Å²) < 4.78 is 0. The highest BCUT2D eigenvalue weighted by atomic mass is 16.3. The Kier molecular flexibility index (Phi) is 6.65. The minimum absolute atomic E-state index is 0.0577. The van der Waals surface area contributed by atoms with E-state index in [0.717, 1.165) is 6.42 Å². The molecule has 0 spiro atoms. The molecule has 1 aliphatic heterocycles. The van der Waals surface area contributed by atoms with Gasteiger partial charge in [0, 0.05) is 12.5 Å².